The summed E-state index contributed by atoms with van der Waals surface area (Å²) in [6, 6.07) is 0. The number of halogens is 1. The van der Waals surface area contributed by atoms with Gasteiger partial charge < -0.3 is 5.32 Å². The van der Waals surface area contributed by atoms with Crippen molar-refractivity contribution in [2.24, 2.45) is 0 Å². The molecule has 0 aromatic carbocycles. The summed E-state index contributed by atoms with van der Waals surface area (Å²) in [6.07, 6.45) is 0. The van der Waals surface area contributed by atoms with Crippen molar-refractivity contribution in [1.82, 2.24) is 9.97 Å². The standard InChI is InChI=1S/C12H18BrN3S2/c1-4-14-11-9(13)7(2)15-12(16-11)10-8(3)17-5-6-18-10/h8,10H,4-6H2,1-3H3,(H,14,15,16). The maximum Gasteiger partial charge on any atom is 0.145 e. The normalized spacial score (nSPS) is 24.0. The van der Waals surface area contributed by atoms with Crippen LogP contribution in [-0.4, -0.2) is 33.3 Å². The molecule has 100 valence electrons. The molecule has 2 rings (SSSR count). The first-order valence-corrected chi connectivity index (χ1v) is 9.03. The van der Waals surface area contributed by atoms with Crippen molar-refractivity contribution in [2.45, 2.75) is 31.3 Å². The summed E-state index contributed by atoms with van der Waals surface area (Å²) in [5.74, 6) is 4.31. The third-order valence-electron chi connectivity index (χ3n) is 2.82. The fraction of sp³-hybridized carbons (Fsp3) is 0.667. The predicted octanol–water partition coefficient (Wildman–Crippen LogP) is 3.89. The Morgan fingerprint density at radius 3 is 2.72 bits per heavy atom. The van der Waals surface area contributed by atoms with E-state index in [9.17, 15) is 0 Å². The number of hydrogen-bond acceptors (Lipinski definition) is 5. The Labute approximate surface area is 125 Å². The van der Waals surface area contributed by atoms with Gasteiger partial charge in [-0.3, -0.25) is 0 Å². The van der Waals surface area contributed by atoms with Gasteiger partial charge in [0.25, 0.3) is 0 Å². The van der Waals surface area contributed by atoms with Crippen molar-refractivity contribution in [3.63, 3.8) is 0 Å². The molecule has 1 fully saturated rings. The van der Waals surface area contributed by atoms with Crippen LogP contribution >= 0.6 is 39.5 Å². The summed E-state index contributed by atoms with van der Waals surface area (Å²) in [7, 11) is 0. The summed E-state index contributed by atoms with van der Waals surface area (Å²) < 4.78 is 0.981. The van der Waals surface area contributed by atoms with Crippen molar-refractivity contribution in [3.05, 3.63) is 16.0 Å². The SMILES string of the molecule is CCNc1nc(C2SCCSC2C)nc(C)c1Br. The van der Waals surface area contributed by atoms with Crippen molar-refractivity contribution in [2.75, 3.05) is 23.4 Å². The van der Waals surface area contributed by atoms with E-state index >= 15 is 0 Å². The van der Waals surface area contributed by atoms with Gasteiger partial charge in [-0.15, -0.1) is 11.8 Å². The number of thioether (sulfide) groups is 2. The van der Waals surface area contributed by atoms with Crippen LogP contribution < -0.4 is 5.32 Å². The van der Waals surface area contributed by atoms with Crippen LogP contribution in [0.1, 0.15) is 30.6 Å². The van der Waals surface area contributed by atoms with Crippen LogP contribution in [0, 0.1) is 6.92 Å². The molecule has 1 aromatic heterocycles. The molecule has 2 atom stereocenters. The number of nitrogens with one attached hydrogen (secondary N) is 1. The highest BCUT2D eigenvalue weighted by atomic mass is 79.9. The number of anilines is 1. The molecule has 1 aromatic rings. The molecule has 0 amide bonds. The minimum absolute atomic E-state index is 0.410. The molecule has 0 aliphatic carbocycles. The highest BCUT2D eigenvalue weighted by Crippen LogP contribution is 2.41. The van der Waals surface area contributed by atoms with Crippen LogP contribution in [0.5, 0.6) is 0 Å². The Bertz CT molecular complexity index is 428. The fourth-order valence-corrected chi connectivity index (χ4v) is 4.92. The molecule has 2 unspecified atom stereocenters. The predicted molar refractivity (Wildman–Crippen MR) is 85.8 cm³/mol. The molecule has 1 aliphatic rings. The first-order valence-electron chi connectivity index (χ1n) is 6.14. The lowest BCUT2D eigenvalue weighted by Gasteiger charge is -2.27. The molecule has 1 aliphatic heterocycles. The van der Waals surface area contributed by atoms with Gasteiger partial charge in [-0.25, -0.2) is 9.97 Å². The summed E-state index contributed by atoms with van der Waals surface area (Å²) in [5.41, 5.74) is 1.01. The first-order chi connectivity index (χ1) is 8.63. The zero-order valence-electron chi connectivity index (χ0n) is 10.9. The van der Waals surface area contributed by atoms with Gasteiger partial charge in [0.2, 0.25) is 0 Å². The van der Waals surface area contributed by atoms with Gasteiger partial charge in [-0.05, 0) is 29.8 Å². The Morgan fingerprint density at radius 2 is 2.06 bits per heavy atom. The lowest BCUT2D eigenvalue weighted by atomic mass is 10.3. The number of aromatic nitrogens is 2. The summed E-state index contributed by atoms with van der Waals surface area (Å²) in [6.45, 7) is 7.25. The molecule has 18 heavy (non-hydrogen) atoms. The van der Waals surface area contributed by atoms with E-state index in [-0.39, 0.29) is 0 Å². The zero-order valence-corrected chi connectivity index (χ0v) is 14.1. The number of nitrogens with zero attached hydrogens (tertiary/aromatic N) is 2. The third-order valence-corrected chi connectivity index (χ3v) is 6.86. The highest BCUT2D eigenvalue weighted by Gasteiger charge is 2.27. The van der Waals surface area contributed by atoms with Gasteiger partial charge >= 0.3 is 0 Å². The van der Waals surface area contributed by atoms with Crippen LogP contribution in [0.15, 0.2) is 4.47 Å². The lowest BCUT2D eigenvalue weighted by molar-refractivity contribution is 0.812. The molecule has 2 heterocycles. The zero-order chi connectivity index (χ0) is 13.1. The largest absolute Gasteiger partial charge is 0.369 e. The smallest absolute Gasteiger partial charge is 0.145 e. The van der Waals surface area contributed by atoms with E-state index in [1.807, 2.05) is 30.4 Å². The Hall–Kier alpha value is 0.0600. The maximum absolute atomic E-state index is 4.69. The molecule has 0 spiro atoms. The fourth-order valence-electron chi connectivity index (χ4n) is 1.91. The number of aryl methyl sites for hydroxylation is 1. The van der Waals surface area contributed by atoms with Crippen molar-refractivity contribution in [3.8, 4) is 0 Å². The van der Waals surface area contributed by atoms with Crippen molar-refractivity contribution in [1.29, 1.82) is 0 Å². The van der Waals surface area contributed by atoms with Gasteiger partial charge in [0, 0.05) is 23.3 Å². The van der Waals surface area contributed by atoms with Crippen LogP contribution in [0.2, 0.25) is 0 Å². The molecular formula is C12H18BrN3S2. The van der Waals surface area contributed by atoms with Crippen molar-refractivity contribution < 1.29 is 0 Å². The minimum atomic E-state index is 0.410. The van der Waals surface area contributed by atoms with Gasteiger partial charge in [-0.1, -0.05) is 6.92 Å². The Morgan fingerprint density at radius 1 is 1.33 bits per heavy atom. The van der Waals surface area contributed by atoms with E-state index in [0.717, 1.165) is 28.4 Å². The summed E-state index contributed by atoms with van der Waals surface area (Å²) in [5, 5.41) is 4.29. The minimum Gasteiger partial charge on any atom is -0.369 e. The number of hydrogen-bond donors (Lipinski definition) is 1. The lowest BCUT2D eigenvalue weighted by Crippen LogP contribution is -2.19. The van der Waals surface area contributed by atoms with E-state index in [4.69, 9.17) is 4.98 Å². The van der Waals surface area contributed by atoms with Crippen LogP contribution in [0.4, 0.5) is 5.82 Å². The maximum atomic E-state index is 4.69. The van der Waals surface area contributed by atoms with Gasteiger partial charge in [0.15, 0.2) is 0 Å². The quantitative estimate of drug-likeness (QED) is 0.897. The molecule has 3 nitrogen and oxygen atoms in total. The van der Waals surface area contributed by atoms with E-state index in [2.05, 4.69) is 40.1 Å². The average molecular weight is 348 g/mol. The average Bonchev–Trinajstić information content (AvgIpc) is 2.35. The van der Waals surface area contributed by atoms with E-state index in [0.29, 0.717) is 10.5 Å². The van der Waals surface area contributed by atoms with E-state index < -0.39 is 0 Å². The molecule has 1 saturated heterocycles. The molecular weight excluding hydrogens is 330 g/mol. The molecule has 1 N–H and O–H groups in total. The second-order valence-corrected chi connectivity index (χ2v) is 7.76. The second kappa shape index (κ2) is 6.48. The van der Waals surface area contributed by atoms with Crippen LogP contribution in [0.25, 0.3) is 0 Å². The molecule has 6 heteroatoms. The van der Waals surface area contributed by atoms with E-state index in [1.54, 1.807) is 0 Å². The molecule has 0 saturated carbocycles. The van der Waals surface area contributed by atoms with Crippen LogP contribution in [0.3, 0.4) is 0 Å². The topological polar surface area (TPSA) is 37.8 Å². The summed E-state index contributed by atoms with van der Waals surface area (Å²) >= 11 is 7.55. The molecule has 0 radical (unpaired) electrons. The van der Waals surface area contributed by atoms with E-state index in [1.165, 1.54) is 11.5 Å². The molecule has 0 bridgehead atoms. The first kappa shape index (κ1) is 14.5. The number of rotatable bonds is 3. The second-order valence-electron chi connectivity index (χ2n) is 4.23. The van der Waals surface area contributed by atoms with Crippen LogP contribution in [-0.2, 0) is 0 Å². The highest BCUT2D eigenvalue weighted by molar-refractivity contribution is 9.10. The Kier molecular flexibility index (Phi) is 5.21. The van der Waals surface area contributed by atoms with Gasteiger partial charge in [0.05, 0.1) is 15.4 Å². The monoisotopic (exact) mass is 347 g/mol. The van der Waals surface area contributed by atoms with Gasteiger partial charge in [0.1, 0.15) is 11.6 Å². The third kappa shape index (κ3) is 3.14. The van der Waals surface area contributed by atoms with Gasteiger partial charge in [-0.2, -0.15) is 11.8 Å². The van der Waals surface area contributed by atoms with Crippen molar-refractivity contribution >= 4 is 45.3 Å². The Balaban J connectivity index is 2.32. The summed E-state index contributed by atoms with van der Waals surface area (Å²) in [4.78, 5) is 9.35.